The lowest BCUT2D eigenvalue weighted by molar-refractivity contribution is 0.309. The van der Waals surface area contributed by atoms with Gasteiger partial charge in [0.05, 0.1) is 0 Å². The maximum absolute atomic E-state index is 5.58. The number of rotatable bonds is 0. The van der Waals surface area contributed by atoms with E-state index in [1.165, 1.54) is 5.12 Å². The Morgan fingerprint density at radius 1 is 1.50 bits per heavy atom. The number of halogens is 1. The molecule has 0 aromatic rings. The highest BCUT2D eigenvalue weighted by atomic mass is 35.5. The van der Waals surface area contributed by atoms with Crippen molar-refractivity contribution >= 4 is 22.6 Å². The Hall–Kier alpha value is -1.07. The number of fused-ring (bicyclic) bond motifs is 1. The monoisotopic (exact) mass is 157 g/mol. The minimum absolute atomic E-state index is 0.426. The molecular weight excluding hydrogens is 154 g/mol. The van der Waals surface area contributed by atoms with Gasteiger partial charge in [-0.3, -0.25) is 0 Å². The third kappa shape index (κ3) is 0.758. The minimum atomic E-state index is 0.426. The first-order chi connectivity index (χ1) is 4.86. The average Bonchev–Trinajstić information content (AvgIpc) is 2.33. The normalized spacial score (nSPS) is 21.5. The van der Waals surface area contributed by atoms with Gasteiger partial charge in [0, 0.05) is 0 Å². The van der Waals surface area contributed by atoms with Gasteiger partial charge in [-0.05, 0) is 12.2 Å². The third-order valence-electron chi connectivity index (χ3n) is 1.11. The van der Waals surface area contributed by atoms with Crippen LogP contribution >= 0.6 is 11.6 Å². The summed E-state index contributed by atoms with van der Waals surface area (Å²) in [5.41, 5.74) is 5.18. The summed E-state index contributed by atoms with van der Waals surface area (Å²) in [6.45, 7) is 0. The molecule has 0 saturated carbocycles. The summed E-state index contributed by atoms with van der Waals surface area (Å²) in [4.78, 5) is 0. The zero-order valence-corrected chi connectivity index (χ0v) is 5.63. The Labute approximate surface area is 62.0 Å². The summed E-state index contributed by atoms with van der Waals surface area (Å²) in [6.07, 6.45) is 3.42. The highest BCUT2D eigenvalue weighted by Crippen LogP contribution is 2.04. The molecule has 0 saturated heterocycles. The van der Waals surface area contributed by atoms with Crippen molar-refractivity contribution in [3.05, 3.63) is 12.2 Å². The number of allylic oxidation sites excluding steroid dienone is 1. The molecule has 10 heavy (non-hydrogen) atoms. The zero-order valence-electron chi connectivity index (χ0n) is 4.87. The fourth-order valence-corrected chi connectivity index (χ4v) is 0.829. The van der Waals surface area contributed by atoms with Crippen molar-refractivity contribution in [3.63, 3.8) is 0 Å². The molecule has 0 unspecified atom stereocenters. The first-order valence-corrected chi connectivity index (χ1v) is 3.05. The van der Waals surface area contributed by atoms with Crippen LogP contribution in [0.15, 0.2) is 22.4 Å². The molecule has 0 aromatic carbocycles. The van der Waals surface area contributed by atoms with Gasteiger partial charge in [0.1, 0.15) is 0 Å². The molecule has 5 nitrogen and oxygen atoms in total. The van der Waals surface area contributed by atoms with Gasteiger partial charge in [0.2, 0.25) is 0 Å². The lowest BCUT2D eigenvalue weighted by Crippen LogP contribution is -2.37. The Morgan fingerprint density at radius 2 is 2.40 bits per heavy atom. The van der Waals surface area contributed by atoms with Crippen LogP contribution in [0, 0.1) is 0 Å². The number of nitrogens with one attached hydrogen (secondary N) is 2. The predicted molar refractivity (Wildman–Crippen MR) is 38.0 cm³/mol. The Balaban J connectivity index is 2.32. The largest absolute Gasteiger partial charge is 0.221 e. The summed E-state index contributed by atoms with van der Waals surface area (Å²) in [6, 6.07) is 0. The van der Waals surface area contributed by atoms with Crippen molar-refractivity contribution in [1.82, 2.24) is 16.2 Å². The Morgan fingerprint density at radius 3 is 3.30 bits per heavy atom. The molecule has 0 radical (unpaired) electrons. The number of hydrogen-bond donors (Lipinski definition) is 2. The second kappa shape index (κ2) is 1.96. The van der Waals surface area contributed by atoms with E-state index in [4.69, 9.17) is 11.6 Å². The van der Waals surface area contributed by atoms with Gasteiger partial charge < -0.3 is 0 Å². The molecular formula is C4H4ClN5. The average molecular weight is 158 g/mol. The molecule has 0 spiro atoms. The molecule has 2 N–H and O–H groups in total. The fraction of sp³-hybridized carbons (Fsp3) is 0. The second-order valence-electron chi connectivity index (χ2n) is 1.76. The number of hydrazine groups is 2. The standard InChI is InChI=1S/C4H4ClN5/c5-3-1-2-4-6-8-9-10(4)7-3/h1-2,8-9H. The predicted octanol–water partition coefficient (Wildman–Crippen LogP) is -0.253. The Kier molecular flexibility index (Phi) is 1.12. The highest BCUT2D eigenvalue weighted by molar-refractivity contribution is 6.68. The van der Waals surface area contributed by atoms with E-state index < -0.39 is 0 Å². The van der Waals surface area contributed by atoms with Crippen LogP contribution in [0.5, 0.6) is 0 Å². The summed E-state index contributed by atoms with van der Waals surface area (Å²) in [7, 11) is 0. The van der Waals surface area contributed by atoms with Gasteiger partial charge in [-0.2, -0.15) is 5.12 Å². The van der Waals surface area contributed by atoms with Gasteiger partial charge in [0.25, 0.3) is 0 Å². The number of nitrogens with zero attached hydrogens (tertiary/aromatic N) is 3. The van der Waals surface area contributed by atoms with E-state index in [9.17, 15) is 0 Å². The molecule has 0 fully saturated rings. The maximum Gasteiger partial charge on any atom is 0.189 e. The molecule has 2 aliphatic heterocycles. The topological polar surface area (TPSA) is 52.0 Å². The van der Waals surface area contributed by atoms with Crippen LogP contribution < -0.4 is 11.1 Å². The summed E-state index contributed by atoms with van der Waals surface area (Å²) in [5, 5.41) is 9.56. The van der Waals surface area contributed by atoms with Crippen molar-refractivity contribution in [1.29, 1.82) is 0 Å². The summed E-state index contributed by atoms with van der Waals surface area (Å²) >= 11 is 5.58. The number of hydrazone groups is 2. The number of amidine groups is 1. The first kappa shape index (κ1) is 5.70. The quantitative estimate of drug-likeness (QED) is 0.510. The van der Waals surface area contributed by atoms with Gasteiger partial charge in [-0.15, -0.1) is 15.7 Å². The highest BCUT2D eigenvalue weighted by Gasteiger charge is 2.16. The van der Waals surface area contributed by atoms with Crippen molar-refractivity contribution in [2.45, 2.75) is 0 Å². The van der Waals surface area contributed by atoms with Gasteiger partial charge in [-0.1, -0.05) is 11.6 Å². The van der Waals surface area contributed by atoms with E-state index in [1.54, 1.807) is 12.2 Å². The maximum atomic E-state index is 5.58. The lowest BCUT2D eigenvalue weighted by atomic mass is 10.4. The van der Waals surface area contributed by atoms with Crippen LogP contribution in [-0.4, -0.2) is 16.1 Å². The van der Waals surface area contributed by atoms with E-state index in [0.29, 0.717) is 11.0 Å². The second-order valence-corrected chi connectivity index (χ2v) is 2.15. The van der Waals surface area contributed by atoms with Crippen LogP contribution in [0.3, 0.4) is 0 Å². The van der Waals surface area contributed by atoms with Crippen LogP contribution in [0.2, 0.25) is 0 Å². The molecule has 0 aromatic heterocycles. The smallest absolute Gasteiger partial charge is 0.189 e. The molecule has 2 aliphatic rings. The van der Waals surface area contributed by atoms with Crippen LogP contribution in [0.4, 0.5) is 0 Å². The van der Waals surface area contributed by atoms with Crippen LogP contribution in [0.25, 0.3) is 0 Å². The summed E-state index contributed by atoms with van der Waals surface area (Å²) < 4.78 is 0. The van der Waals surface area contributed by atoms with Crippen molar-refractivity contribution in [2.24, 2.45) is 10.2 Å². The van der Waals surface area contributed by atoms with Gasteiger partial charge in [-0.25, -0.2) is 5.53 Å². The Bertz CT molecular complexity index is 242. The van der Waals surface area contributed by atoms with Crippen molar-refractivity contribution in [2.75, 3.05) is 0 Å². The van der Waals surface area contributed by atoms with Crippen LogP contribution in [-0.2, 0) is 0 Å². The number of hydrogen-bond acceptors (Lipinski definition) is 5. The van der Waals surface area contributed by atoms with E-state index in [-0.39, 0.29) is 0 Å². The lowest BCUT2D eigenvalue weighted by Gasteiger charge is -2.12. The molecule has 52 valence electrons. The van der Waals surface area contributed by atoms with E-state index >= 15 is 0 Å². The zero-order chi connectivity index (χ0) is 6.97. The van der Waals surface area contributed by atoms with Crippen molar-refractivity contribution in [3.8, 4) is 0 Å². The molecule has 2 heterocycles. The SMILES string of the molecule is ClC1=NN2NNN=C2C=C1. The molecule has 0 bridgehead atoms. The van der Waals surface area contributed by atoms with E-state index in [2.05, 4.69) is 21.3 Å². The van der Waals surface area contributed by atoms with E-state index in [0.717, 1.165) is 0 Å². The van der Waals surface area contributed by atoms with Crippen molar-refractivity contribution < 1.29 is 0 Å². The first-order valence-electron chi connectivity index (χ1n) is 2.67. The summed E-state index contributed by atoms with van der Waals surface area (Å²) in [5.74, 6) is 0.699. The molecule has 0 atom stereocenters. The molecule has 0 amide bonds. The van der Waals surface area contributed by atoms with Gasteiger partial charge >= 0.3 is 0 Å². The third-order valence-corrected chi connectivity index (χ3v) is 1.31. The van der Waals surface area contributed by atoms with Gasteiger partial charge in [0.15, 0.2) is 11.0 Å². The fourth-order valence-electron chi connectivity index (χ4n) is 0.691. The van der Waals surface area contributed by atoms with E-state index in [1.807, 2.05) is 0 Å². The molecule has 0 aliphatic carbocycles. The molecule has 2 rings (SSSR count). The minimum Gasteiger partial charge on any atom is -0.221 e. The molecule has 6 heteroatoms. The van der Waals surface area contributed by atoms with Crippen LogP contribution in [0.1, 0.15) is 0 Å².